The molecular weight excluding hydrogens is 242 g/mol. The van der Waals surface area contributed by atoms with E-state index in [0.717, 1.165) is 11.4 Å². The monoisotopic (exact) mass is 265 g/mol. The molecule has 2 N–H and O–H groups in total. The van der Waals surface area contributed by atoms with Gasteiger partial charge in [-0.25, -0.2) is 0 Å². The molecule has 2 heteroatoms. The van der Waals surface area contributed by atoms with Gasteiger partial charge in [-0.3, -0.25) is 0 Å². The minimum absolute atomic E-state index is 0.267. The molecule has 0 bridgehead atoms. The Bertz CT molecular complexity index is 381. The van der Waals surface area contributed by atoms with Crippen LogP contribution in [0.3, 0.4) is 0 Å². The molecule has 1 nitrogen and oxygen atoms in total. The fourth-order valence-electron chi connectivity index (χ4n) is 2.98. The lowest BCUT2D eigenvalue weighted by Gasteiger charge is -2.23. The molecule has 1 unspecified atom stereocenters. The molecule has 1 saturated carbocycles. The summed E-state index contributed by atoms with van der Waals surface area (Å²) in [6, 6.07) is 6.56. The first-order valence-corrected chi connectivity index (χ1v) is 7.55. The molecule has 18 heavy (non-hydrogen) atoms. The Morgan fingerprint density at radius 3 is 2.50 bits per heavy atom. The van der Waals surface area contributed by atoms with Crippen molar-refractivity contribution in [1.29, 1.82) is 0 Å². The minimum Gasteiger partial charge on any atom is -0.327 e. The molecule has 1 aliphatic carbocycles. The van der Waals surface area contributed by atoms with Crippen molar-refractivity contribution < 1.29 is 0 Å². The SMILES string of the molecule is Cc1ccc(CC(N)C2CCCCCC2)c(Cl)c1. The molecule has 2 rings (SSSR count). The molecule has 1 aromatic rings. The summed E-state index contributed by atoms with van der Waals surface area (Å²) in [7, 11) is 0. The fraction of sp³-hybridized carbons (Fsp3) is 0.625. The Morgan fingerprint density at radius 1 is 1.22 bits per heavy atom. The summed E-state index contributed by atoms with van der Waals surface area (Å²) in [5, 5.41) is 0.874. The van der Waals surface area contributed by atoms with Crippen LogP contribution in [0.4, 0.5) is 0 Å². The number of rotatable bonds is 3. The predicted octanol–water partition coefficient (Wildman–Crippen LogP) is 4.49. The van der Waals surface area contributed by atoms with E-state index in [0.29, 0.717) is 5.92 Å². The highest BCUT2D eigenvalue weighted by molar-refractivity contribution is 6.31. The molecule has 0 heterocycles. The van der Waals surface area contributed by atoms with Gasteiger partial charge in [-0.15, -0.1) is 0 Å². The van der Waals surface area contributed by atoms with Gasteiger partial charge in [-0.05, 0) is 49.3 Å². The highest BCUT2D eigenvalue weighted by Gasteiger charge is 2.20. The summed E-state index contributed by atoms with van der Waals surface area (Å²) in [5.74, 6) is 0.685. The highest BCUT2D eigenvalue weighted by atomic mass is 35.5. The first-order chi connectivity index (χ1) is 8.66. The van der Waals surface area contributed by atoms with Crippen LogP contribution in [-0.4, -0.2) is 6.04 Å². The van der Waals surface area contributed by atoms with Crippen LogP contribution in [0.25, 0.3) is 0 Å². The van der Waals surface area contributed by atoms with Crippen LogP contribution in [0, 0.1) is 12.8 Å². The molecule has 1 aliphatic rings. The second kappa shape index (κ2) is 6.58. The van der Waals surface area contributed by atoms with E-state index in [1.807, 2.05) is 6.07 Å². The normalized spacial score (nSPS) is 19.5. The molecule has 0 saturated heterocycles. The predicted molar refractivity (Wildman–Crippen MR) is 79.1 cm³/mol. The van der Waals surface area contributed by atoms with Crippen LogP contribution >= 0.6 is 11.6 Å². The number of benzene rings is 1. The average molecular weight is 266 g/mol. The Hall–Kier alpha value is -0.530. The van der Waals surface area contributed by atoms with E-state index in [9.17, 15) is 0 Å². The fourth-order valence-corrected chi connectivity index (χ4v) is 3.29. The molecule has 0 aliphatic heterocycles. The van der Waals surface area contributed by atoms with Gasteiger partial charge in [0, 0.05) is 11.1 Å². The van der Waals surface area contributed by atoms with Crippen LogP contribution in [0.15, 0.2) is 18.2 Å². The summed E-state index contributed by atoms with van der Waals surface area (Å²) in [4.78, 5) is 0. The van der Waals surface area contributed by atoms with Crippen molar-refractivity contribution in [1.82, 2.24) is 0 Å². The molecule has 0 spiro atoms. The Balaban J connectivity index is 1.98. The molecular formula is C16H24ClN. The number of hydrogen-bond acceptors (Lipinski definition) is 1. The third-order valence-electron chi connectivity index (χ3n) is 4.17. The zero-order chi connectivity index (χ0) is 13.0. The maximum Gasteiger partial charge on any atom is 0.0441 e. The van der Waals surface area contributed by atoms with Crippen molar-refractivity contribution >= 4 is 11.6 Å². The summed E-state index contributed by atoms with van der Waals surface area (Å²) in [6.07, 6.45) is 8.97. The van der Waals surface area contributed by atoms with Crippen LogP contribution in [0.5, 0.6) is 0 Å². The Kier molecular flexibility index (Phi) is 5.08. The maximum atomic E-state index is 6.40. The van der Waals surface area contributed by atoms with Gasteiger partial charge in [0.05, 0.1) is 0 Å². The average Bonchev–Trinajstić information content (AvgIpc) is 2.61. The second-order valence-corrected chi connectivity index (χ2v) is 6.12. The van der Waals surface area contributed by atoms with E-state index in [1.165, 1.54) is 49.7 Å². The van der Waals surface area contributed by atoms with E-state index in [2.05, 4.69) is 19.1 Å². The molecule has 0 amide bonds. The van der Waals surface area contributed by atoms with Crippen molar-refractivity contribution in [2.75, 3.05) is 0 Å². The van der Waals surface area contributed by atoms with Crippen LogP contribution in [0.2, 0.25) is 5.02 Å². The third-order valence-corrected chi connectivity index (χ3v) is 4.52. The lowest BCUT2D eigenvalue weighted by atomic mass is 9.88. The van der Waals surface area contributed by atoms with Gasteiger partial charge < -0.3 is 5.73 Å². The van der Waals surface area contributed by atoms with Gasteiger partial charge in [-0.1, -0.05) is 49.4 Å². The van der Waals surface area contributed by atoms with E-state index in [-0.39, 0.29) is 6.04 Å². The summed E-state index contributed by atoms with van der Waals surface area (Å²) < 4.78 is 0. The highest BCUT2D eigenvalue weighted by Crippen LogP contribution is 2.27. The maximum absolute atomic E-state index is 6.40. The van der Waals surface area contributed by atoms with Crippen LogP contribution < -0.4 is 5.73 Å². The van der Waals surface area contributed by atoms with Crippen molar-refractivity contribution in [2.24, 2.45) is 11.7 Å². The van der Waals surface area contributed by atoms with Crippen molar-refractivity contribution in [3.05, 3.63) is 34.3 Å². The molecule has 100 valence electrons. The molecule has 1 aromatic carbocycles. The molecule has 1 fully saturated rings. The first-order valence-electron chi connectivity index (χ1n) is 7.17. The van der Waals surface area contributed by atoms with Crippen molar-refractivity contribution in [3.8, 4) is 0 Å². The van der Waals surface area contributed by atoms with Crippen LogP contribution in [0.1, 0.15) is 49.7 Å². The first kappa shape index (κ1) is 13.9. The number of aryl methyl sites for hydroxylation is 1. The standard InChI is InChI=1S/C16H24ClN/c1-12-8-9-14(15(17)10-12)11-16(18)13-6-4-2-3-5-7-13/h8-10,13,16H,2-7,11,18H2,1H3. The zero-order valence-electron chi connectivity index (χ0n) is 11.3. The second-order valence-electron chi connectivity index (χ2n) is 5.71. The number of halogens is 1. The van der Waals surface area contributed by atoms with Gasteiger partial charge in [0.1, 0.15) is 0 Å². The quantitative estimate of drug-likeness (QED) is 0.801. The van der Waals surface area contributed by atoms with Crippen LogP contribution in [-0.2, 0) is 6.42 Å². The lowest BCUT2D eigenvalue weighted by Crippen LogP contribution is -2.32. The molecule has 0 aromatic heterocycles. The molecule has 1 atom stereocenters. The smallest absolute Gasteiger partial charge is 0.0441 e. The zero-order valence-corrected chi connectivity index (χ0v) is 12.0. The summed E-state index contributed by atoms with van der Waals surface area (Å²) >= 11 is 6.29. The number of nitrogens with two attached hydrogens (primary N) is 1. The number of hydrogen-bond donors (Lipinski definition) is 1. The third kappa shape index (κ3) is 3.73. The Morgan fingerprint density at radius 2 is 1.89 bits per heavy atom. The van der Waals surface area contributed by atoms with E-state index in [4.69, 9.17) is 17.3 Å². The largest absolute Gasteiger partial charge is 0.327 e. The lowest BCUT2D eigenvalue weighted by molar-refractivity contribution is 0.372. The van der Waals surface area contributed by atoms with E-state index >= 15 is 0 Å². The van der Waals surface area contributed by atoms with E-state index < -0.39 is 0 Å². The van der Waals surface area contributed by atoms with Crippen molar-refractivity contribution in [3.63, 3.8) is 0 Å². The minimum atomic E-state index is 0.267. The van der Waals surface area contributed by atoms with Gasteiger partial charge in [-0.2, -0.15) is 0 Å². The Labute approximate surface area is 116 Å². The van der Waals surface area contributed by atoms with Gasteiger partial charge in [0.2, 0.25) is 0 Å². The summed E-state index contributed by atoms with van der Waals surface area (Å²) in [6.45, 7) is 2.07. The van der Waals surface area contributed by atoms with Gasteiger partial charge >= 0.3 is 0 Å². The molecule has 0 radical (unpaired) electrons. The van der Waals surface area contributed by atoms with Crippen molar-refractivity contribution in [2.45, 2.75) is 57.9 Å². The summed E-state index contributed by atoms with van der Waals surface area (Å²) in [5.41, 5.74) is 8.82. The van der Waals surface area contributed by atoms with E-state index in [1.54, 1.807) is 0 Å². The van der Waals surface area contributed by atoms with Gasteiger partial charge in [0.25, 0.3) is 0 Å². The topological polar surface area (TPSA) is 26.0 Å². The van der Waals surface area contributed by atoms with Gasteiger partial charge in [0.15, 0.2) is 0 Å².